The number of hydrogen-bond acceptors (Lipinski definition) is 2. The molecule has 0 amide bonds. The van der Waals surface area contributed by atoms with Crippen LogP contribution in [0.5, 0.6) is 0 Å². The quantitative estimate of drug-likeness (QED) is 0.588. The van der Waals surface area contributed by atoms with Crippen molar-refractivity contribution in [3.05, 3.63) is 0 Å². The summed E-state index contributed by atoms with van der Waals surface area (Å²) < 4.78 is 6.16. The lowest BCUT2D eigenvalue weighted by molar-refractivity contribution is -0.00868. The Balaban J connectivity index is 2.10. The van der Waals surface area contributed by atoms with Crippen molar-refractivity contribution in [3.8, 4) is 0 Å². The Bertz CT molecular complexity index is 207. The average Bonchev–Trinajstić information content (AvgIpc) is 2.41. The highest BCUT2D eigenvalue weighted by Crippen LogP contribution is 2.26. The van der Waals surface area contributed by atoms with E-state index in [2.05, 4.69) is 26.1 Å². The SMILES string of the molecule is CCCCCCCCOC1CC(C)CCC1NCC. The highest BCUT2D eigenvalue weighted by Gasteiger charge is 2.28. The summed E-state index contributed by atoms with van der Waals surface area (Å²) in [6.07, 6.45) is 12.4. The first-order chi connectivity index (χ1) is 9.27. The molecule has 0 spiro atoms. The van der Waals surface area contributed by atoms with Crippen molar-refractivity contribution in [2.24, 2.45) is 5.92 Å². The molecule has 0 saturated heterocycles. The van der Waals surface area contributed by atoms with Crippen molar-refractivity contribution in [2.75, 3.05) is 13.2 Å². The Kier molecular flexibility index (Phi) is 9.54. The van der Waals surface area contributed by atoms with Crippen molar-refractivity contribution < 1.29 is 4.74 Å². The van der Waals surface area contributed by atoms with Crippen LogP contribution < -0.4 is 5.32 Å². The Morgan fingerprint density at radius 3 is 2.47 bits per heavy atom. The maximum atomic E-state index is 6.16. The smallest absolute Gasteiger partial charge is 0.0730 e. The molecule has 1 aliphatic carbocycles. The fraction of sp³-hybridized carbons (Fsp3) is 1.00. The fourth-order valence-electron chi connectivity index (χ4n) is 3.13. The van der Waals surface area contributed by atoms with Crippen LogP contribution in [0.4, 0.5) is 0 Å². The predicted molar refractivity (Wildman–Crippen MR) is 83.6 cm³/mol. The van der Waals surface area contributed by atoms with Crippen LogP contribution in [0, 0.1) is 5.92 Å². The van der Waals surface area contributed by atoms with Crippen LogP contribution in [0.2, 0.25) is 0 Å². The van der Waals surface area contributed by atoms with E-state index in [1.54, 1.807) is 0 Å². The largest absolute Gasteiger partial charge is 0.377 e. The van der Waals surface area contributed by atoms with E-state index in [0.29, 0.717) is 12.1 Å². The summed E-state index contributed by atoms with van der Waals surface area (Å²) in [7, 11) is 0. The Labute approximate surface area is 120 Å². The minimum absolute atomic E-state index is 0.458. The number of rotatable bonds is 10. The first-order valence-electron chi connectivity index (χ1n) is 8.62. The molecule has 3 atom stereocenters. The van der Waals surface area contributed by atoms with Gasteiger partial charge in [-0.25, -0.2) is 0 Å². The number of likely N-dealkylation sites (N-methyl/N-ethyl adjacent to an activating group) is 1. The van der Waals surface area contributed by atoms with Gasteiger partial charge in [-0.2, -0.15) is 0 Å². The highest BCUT2D eigenvalue weighted by molar-refractivity contribution is 4.84. The van der Waals surface area contributed by atoms with E-state index >= 15 is 0 Å². The molecule has 2 nitrogen and oxygen atoms in total. The summed E-state index contributed by atoms with van der Waals surface area (Å²) in [5.41, 5.74) is 0. The second-order valence-electron chi connectivity index (χ2n) is 6.26. The normalized spacial score (nSPS) is 27.6. The molecule has 19 heavy (non-hydrogen) atoms. The minimum atomic E-state index is 0.458. The number of unbranched alkanes of at least 4 members (excludes halogenated alkanes) is 5. The maximum Gasteiger partial charge on any atom is 0.0730 e. The van der Waals surface area contributed by atoms with Gasteiger partial charge >= 0.3 is 0 Å². The molecule has 0 bridgehead atoms. The van der Waals surface area contributed by atoms with Crippen molar-refractivity contribution in [3.63, 3.8) is 0 Å². The molecule has 1 N–H and O–H groups in total. The molecule has 0 aliphatic heterocycles. The first kappa shape index (κ1) is 17.0. The van der Waals surface area contributed by atoms with Gasteiger partial charge in [0, 0.05) is 12.6 Å². The van der Waals surface area contributed by atoms with Gasteiger partial charge in [-0.1, -0.05) is 52.9 Å². The zero-order valence-corrected chi connectivity index (χ0v) is 13.4. The lowest BCUT2D eigenvalue weighted by atomic mass is 9.85. The van der Waals surface area contributed by atoms with Crippen molar-refractivity contribution in [1.29, 1.82) is 0 Å². The van der Waals surface area contributed by atoms with Gasteiger partial charge in [-0.3, -0.25) is 0 Å². The monoisotopic (exact) mass is 269 g/mol. The van der Waals surface area contributed by atoms with Crippen LogP contribution in [0.3, 0.4) is 0 Å². The Morgan fingerprint density at radius 1 is 1.00 bits per heavy atom. The van der Waals surface area contributed by atoms with Crippen molar-refractivity contribution in [2.45, 2.75) is 90.7 Å². The van der Waals surface area contributed by atoms with Crippen LogP contribution in [-0.2, 0) is 4.74 Å². The fourth-order valence-corrected chi connectivity index (χ4v) is 3.13. The van der Waals surface area contributed by atoms with Gasteiger partial charge < -0.3 is 10.1 Å². The Hall–Kier alpha value is -0.0800. The van der Waals surface area contributed by atoms with Crippen molar-refractivity contribution in [1.82, 2.24) is 5.32 Å². The highest BCUT2D eigenvalue weighted by atomic mass is 16.5. The summed E-state index contributed by atoms with van der Waals surface area (Å²) in [4.78, 5) is 0. The summed E-state index contributed by atoms with van der Waals surface area (Å²) in [6.45, 7) is 8.86. The molecular weight excluding hydrogens is 234 g/mol. The second kappa shape index (κ2) is 10.7. The zero-order valence-electron chi connectivity index (χ0n) is 13.4. The molecule has 0 aromatic carbocycles. The van der Waals surface area contributed by atoms with Gasteiger partial charge in [0.1, 0.15) is 0 Å². The van der Waals surface area contributed by atoms with E-state index in [1.165, 1.54) is 57.8 Å². The zero-order chi connectivity index (χ0) is 13.9. The lowest BCUT2D eigenvalue weighted by Crippen LogP contribution is -2.45. The topological polar surface area (TPSA) is 21.3 Å². The molecule has 0 radical (unpaired) electrons. The van der Waals surface area contributed by atoms with Crippen molar-refractivity contribution >= 4 is 0 Å². The Morgan fingerprint density at radius 2 is 1.74 bits per heavy atom. The second-order valence-corrected chi connectivity index (χ2v) is 6.26. The van der Waals surface area contributed by atoms with Gasteiger partial charge in [-0.05, 0) is 38.1 Å². The summed E-state index contributed by atoms with van der Waals surface area (Å²) >= 11 is 0. The van der Waals surface area contributed by atoms with E-state index in [-0.39, 0.29) is 0 Å². The molecule has 0 heterocycles. The number of hydrogen-bond donors (Lipinski definition) is 1. The minimum Gasteiger partial charge on any atom is -0.377 e. The third-order valence-corrected chi connectivity index (χ3v) is 4.35. The van der Waals surface area contributed by atoms with Crippen LogP contribution in [-0.4, -0.2) is 25.3 Å². The lowest BCUT2D eigenvalue weighted by Gasteiger charge is -2.35. The van der Waals surface area contributed by atoms with Gasteiger partial charge in [0.2, 0.25) is 0 Å². The summed E-state index contributed by atoms with van der Waals surface area (Å²) in [5, 5.41) is 3.60. The van der Waals surface area contributed by atoms with E-state index in [4.69, 9.17) is 4.74 Å². The predicted octanol–water partition coefficient (Wildman–Crippen LogP) is 4.53. The van der Waals surface area contributed by atoms with Crippen LogP contribution in [0.15, 0.2) is 0 Å². The van der Waals surface area contributed by atoms with Gasteiger partial charge in [-0.15, -0.1) is 0 Å². The molecule has 1 rings (SSSR count). The van der Waals surface area contributed by atoms with Crippen LogP contribution >= 0.6 is 0 Å². The van der Waals surface area contributed by atoms with Crippen LogP contribution in [0.25, 0.3) is 0 Å². The first-order valence-corrected chi connectivity index (χ1v) is 8.62. The molecule has 114 valence electrons. The summed E-state index contributed by atoms with van der Waals surface area (Å²) in [6, 6.07) is 0.598. The van der Waals surface area contributed by atoms with Gasteiger partial charge in [0.05, 0.1) is 6.10 Å². The molecule has 0 aromatic rings. The molecule has 1 saturated carbocycles. The molecule has 0 aromatic heterocycles. The number of ether oxygens (including phenoxy) is 1. The van der Waals surface area contributed by atoms with Gasteiger partial charge in [0.15, 0.2) is 0 Å². The van der Waals surface area contributed by atoms with E-state index in [1.807, 2.05) is 0 Å². The third kappa shape index (κ3) is 7.31. The molecule has 2 heteroatoms. The van der Waals surface area contributed by atoms with Gasteiger partial charge in [0.25, 0.3) is 0 Å². The third-order valence-electron chi connectivity index (χ3n) is 4.35. The maximum absolute atomic E-state index is 6.16. The van der Waals surface area contributed by atoms with E-state index in [9.17, 15) is 0 Å². The molecule has 1 fully saturated rings. The molecule has 1 aliphatic rings. The average molecular weight is 269 g/mol. The van der Waals surface area contributed by atoms with E-state index in [0.717, 1.165) is 19.1 Å². The van der Waals surface area contributed by atoms with Crippen LogP contribution in [0.1, 0.15) is 78.6 Å². The standard InChI is InChI=1S/C17H35NO/c1-4-6-7-8-9-10-13-19-17-14-15(3)11-12-16(17)18-5-2/h15-18H,4-14H2,1-3H3. The number of nitrogens with one attached hydrogen (secondary N) is 1. The molecular formula is C17H35NO. The molecule has 3 unspecified atom stereocenters. The van der Waals surface area contributed by atoms with E-state index < -0.39 is 0 Å². The summed E-state index contributed by atoms with van der Waals surface area (Å²) in [5.74, 6) is 0.837.